The summed E-state index contributed by atoms with van der Waals surface area (Å²) in [4.78, 5) is 15.3. The maximum absolute atomic E-state index is 11.0. The van der Waals surface area contributed by atoms with Gasteiger partial charge in [0.2, 0.25) is 0 Å². The van der Waals surface area contributed by atoms with Crippen molar-refractivity contribution in [2.45, 2.75) is 19.3 Å². The van der Waals surface area contributed by atoms with Crippen molar-refractivity contribution >= 4 is 5.97 Å². The van der Waals surface area contributed by atoms with Crippen molar-refractivity contribution < 1.29 is 14.6 Å². The average Bonchev–Trinajstić information content (AvgIpc) is 2.43. The topological polar surface area (TPSA) is 59.4 Å². The molecule has 1 aromatic heterocycles. The fourth-order valence-electron chi connectivity index (χ4n) is 2.17. The van der Waals surface area contributed by atoms with Crippen LogP contribution in [0.15, 0.2) is 36.5 Å². The van der Waals surface area contributed by atoms with Crippen molar-refractivity contribution in [2.75, 3.05) is 0 Å². The zero-order valence-electron chi connectivity index (χ0n) is 10.5. The number of aromatic nitrogens is 1. The Hall–Kier alpha value is -2.36. The molecule has 2 heterocycles. The average molecular weight is 255 g/mol. The monoisotopic (exact) mass is 255 g/mol. The molecule has 96 valence electrons. The number of hydrogen-bond acceptors (Lipinski definition) is 3. The first kappa shape index (κ1) is 11.7. The Morgan fingerprint density at radius 2 is 2.21 bits per heavy atom. The van der Waals surface area contributed by atoms with E-state index in [1.165, 1.54) is 0 Å². The fourth-order valence-corrected chi connectivity index (χ4v) is 2.17. The van der Waals surface area contributed by atoms with Crippen molar-refractivity contribution in [3.63, 3.8) is 0 Å². The molecule has 4 nitrogen and oxygen atoms in total. The number of benzene rings is 1. The van der Waals surface area contributed by atoms with Crippen molar-refractivity contribution in [2.24, 2.45) is 0 Å². The van der Waals surface area contributed by atoms with Gasteiger partial charge < -0.3 is 9.84 Å². The molecule has 3 rings (SSSR count). The minimum absolute atomic E-state index is 0.538. The van der Waals surface area contributed by atoms with Crippen LogP contribution in [0, 0.1) is 0 Å². The fraction of sp³-hybridized carbons (Fsp3) is 0.200. The third-order valence-electron chi connectivity index (χ3n) is 3.39. The molecular weight excluding hydrogens is 242 g/mol. The van der Waals surface area contributed by atoms with E-state index in [0.29, 0.717) is 6.42 Å². The van der Waals surface area contributed by atoms with Gasteiger partial charge in [0.1, 0.15) is 11.5 Å². The summed E-state index contributed by atoms with van der Waals surface area (Å²) in [7, 11) is 0. The third-order valence-corrected chi connectivity index (χ3v) is 3.39. The molecule has 1 aromatic carbocycles. The number of carboxylic acids is 1. The number of carbonyl (C=O) groups is 1. The lowest BCUT2D eigenvalue weighted by Crippen LogP contribution is -2.09. The Morgan fingerprint density at radius 1 is 1.37 bits per heavy atom. The van der Waals surface area contributed by atoms with Crippen LogP contribution < -0.4 is 4.74 Å². The molecule has 0 saturated heterocycles. The molecule has 0 amide bonds. The molecule has 0 radical (unpaired) electrons. The highest BCUT2D eigenvalue weighted by Gasteiger charge is 2.20. The van der Waals surface area contributed by atoms with Gasteiger partial charge in [-0.15, -0.1) is 0 Å². The SMILES string of the molecule is CC(C(=O)O)c1ccc2c(c1)Oc1cccnc1C2. The molecule has 0 aliphatic carbocycles. The molecule has 0 fully saturated rings. The summed E-state index contributed by atoms with van der Waals surface area (Å²) in [5.74, 6) is 0.100. The summed E-state index contributed by atoms with van der Waals surface area (Å²) in [6.07, 6.45) is 2.46. The van der Waals surface area contributed by atoms with Gasteiger partial charge in [-0.3, -0.25) is 9.78 Å². The number of hydrogen-bond donors (Lipinski definition) is 1. The van der Waals surface area contributed by atoms with Gasteiger partial charge in [0.25, 0.3) is 0 Å². The van der Waals surface area contributed by atoms with Gasteiger partial charge in [-0.1, -0.05) is 12.1 Å². The van der Waals surface area contributed by atoms with E-state index in [1.807, 2.05) is 30.3 Å². The maximum Gasteiger partial charge on any atom is 0.310 e. The highest BCUT2D eigenvalue weighted by Crippen LogP contribution is 2.36. The second-order valence-corrected chi connectivity index (χ2v) is 4.65. The van der Waals surface area contributed by atoms with Crippen LogP contribution in [0.5, 0.6) is 11.5 Å². The standard InChI is InChI=1S/C15H13NO3/c1-9(15(17)18)10-4-5-11-7-12-13(3-2-6-16-12)19-14(11)8-10/h2-6,8-9H,7H2,1H3,(H,17,18). The number of ether oxygens (including phenoxy) is 1. The van der Waals surface area contributed by atoms with Crippen LogP contribution in [0.25, 0.3) is 0 Å². The van der Waals surface area contributed by atoms with E-state index in [9.17, 15) is 4.79 Å². The smallest absolute Gasteiger partial charge is 0.310 e. The number of aliphatic carboxylic acids is 1. The largest absolute Gasteiger partial charge is 0.481 e. The van der Waals surface area contributed by atoms with E-state index >= 15 is 0 Å². The molecular formula is C15H13NO3. The van der Waals surface area contributed by atoms with Crippen molar-refractivity contribution in [1.82, 2.24) is 4.98 Å². The molecule has 1 aliphatic heterocycles. The highest BCUT2D eigenvalue weighted by molar-refractivity contribution is 5.75. The Balaban J connectivity index is 1.98. The first-order valence-corrected chi connectivity index (χ1v) is 6.12. The van der Waals surface area contributed by atoms with E-state index in [1.54, 1.807) is 13.1 Å². The zero-order chi connectivity index (χ0) is 13.4. The number of rotatable bonds is 2. The summed E-state index contributed by atoms with van der Waals surface area (Å²) in [6, 6.07) is 9.27. The first-order valence-electron chi connectivity index (χ1n) is 6.12. The van der Waals surface area contributed by atoms with E-state index in [4.69, 9.17) is 9.84 Å². The third kappa shape index (κ3) is 2.05. The zero-order valence-corrected chi connectivity index (χ0v) is 10.5. The van der Waals surface area contributed by atoms with Crippen LogP contribution in [0.3, 0.4) is 0 Å². The Kier molecular flexibility index (Phi) is 2.71. The van der Waals surface area contributed by atoms with Gasteiger partial charge >= 0.3 is 5.97 Å². The lowest BCUT2D eigenvalue weighted by molar-refractivity contribution is -0.138. The molecule has 4 heteroatoms. The predicted octanol–water partition coefficient (Wildman–Crippen LogP) is 2.97. The van der Waals surface area contributed by atoms with Crippen LogP contribution in [0.4, 0.5) is 0 Å². The quantitative estimate of drug-likeness (QED) is 0.764. The van der Waals surface area contributed by atoms with Crippen molar-refractivity contribution in [1.29, 1.82) is 0 Å². The highest BCUT2D eigenvalue weighted by atomic mass is 16.5. The minimum Gasteiger partial charge on any atom is -0.481 e. The normalized spacial score (nSPS) is 13.9. The van der Waals surface area contributed by atoms with Crippen molar-refractivity contribution in [3.8, 4) is 11.5 Å². The van der Waals surface area contributed by atoms with E-state index < -0.39 is 11.9 Å². The van der Waals surface area contributed by atoms with Gasteiger partial charge in [-0.05, 0) is 30.7 Å². The van der Waals surface area contributed by atoms with Crippen LogP contribution in [0.2, 0.25) is 0 Å². The predicted molar refractivity (Wildman–Crippen MR) is 69.6 cm³/mol. The molecule has 1 aliphatic rings. The maximum atomic E-state index is 11.0. The van der Waals surface area contributed by atoms with Gasteiger partial charge in [0, 0.05) is 18.2 Å². The van der Waals surface area contributed by atoms with Crippen LogP contribution in [-0.2, 0) is 11.2 Å². The minimum atomic E-state index is -0.835. The molecule has 0 saturated carbocycles. The van der Waals surface area contributed by atoms with Crippen LogP contribution in [0.1, 0.15) is 29.7 Å². The molecule has 19 heavy (non-hydrogen) atoms. The van der Waals surface area contributed by atoms with Gasteiger partial charge in [0.05, 0.1) is 11.6 Å². The molecule has 0 spiro atoms. The summed E-state index contributed by atoms with van der Waals surface area (Å²) < 4.78 is 5.79. The Labute approximate surface area is 110 Å². The lowest BCUT2D eigenvalue weighted by atomic mass is 9.96. The van der Waals surface area contributed by atoms with E-state index in [0.717, 1.165) is 28.3 Å². The summed E-state index contributed by atoms with van der Waals surface area (Å²) in [6.45, 7) is 1.67. The van der Waals surface area contributed by atoms with Crippen LogP contribution >= 0.6 is 0 Å². The molecule has 1 N–H and O–H groups in total. The molecule has 0 bridgehead atoms. The first-order chi connectivity index (χ1) is 9.15. The summed E-state index contributed by atoms with van der Waals surface area (Å²) in [5, 5.41) is 9.05. The van der Waals surface area contributed by atoms with E-state index in [2.05, 4.69) is 4.98 Å². The van der Waals surface area contributed by atoms with Crippen molar-refractivity contribution in [3.05, 3.63) is 53.3 Å². The number of nitrogens with zero attached hydrogens (tertiary/aromatic N) is 1. The second kappa shape index (κ2) is 4.39. The number of pyridine rings is 1. The number of carboxylic acid groups (broad SMARTS) is 1. The molecule has 1 atom stereocenters. The van der Waals surface area contributed by atoms with Crippen LogP contribution in [-0.4, -0.2) is 16.1 Å². The molecule has 2 aromatic rings. The van der Waals surface area contributed by atoms with Gasteiger partial charge in [-0.2, -0.15) is 0 Å². The second-order valence-electron chi connectivity index (χ2n) is 4.65. The number of fused-ring (bicyclic) bond motifs is 2. The molecule has 1 unspecified atom stereocenters. The van der Waals surface area contributed by atoms with Gasteiger partial charge in [-0.25, -0.2) is 0 Å². The van der Waals surface area contributed by atoms with E-state index in [-0.39, 0.29) is 0 Å². The summed E-state index contributed by atoms with van der Waals surface area (Å²) in [5.41, 5.74) is 2.69. The Morgan fingerprint density at radius 3 is 3.00 bits per heavy atom. The Bertz CT molecular complexity index is 652. The summed E-state index contributed by atoms with van der Waals surface area (Å²) >= 11 is 0. The van der Waals surface area contributed by atoms with Gasteiger partial charge in [0.15, 0.2) is 0 Å². The lowest BCUT2D eigenvalue weighted by Gasteiger charge is -2.20.